The van der Waals surface area contributed by atoms with Crippen molar-refractivity contribution in [3.05, 3.63) is 24.5 Å². The molecule has 0 spiro atoms. The highest BCUT2D eigenvalue weighted by molar-refractivity contribution is 9.09. The molecule has 0 saturated carbocycles. The first-order valence-corrected chi connectivity index (χ1v) is 6.54. The molecule has 0 aromatic carbocycles. The Morgan fingerprint density at radius 2 is 1.94 bits per heavy atom. The molecule has 90 valence electrons. The molecule has 0 saturated heterocycles. The molecule has 0 fully saturated rings. The molecule has 0 amide bonds. The molecule has 0 aliphatic rings. The third-order valence-electron chi connectivity index (χ3n) is 2.90. The SMILES string of the molecule is CN(c1ccc2nccnc2n1)C(C)(C)CBr. The number of halogens is 1. The van der Waals surface area contributed by atoms with Gasteiger partial charge in [-0.1, -0.05) is 15.9 Å². The van der Waals surface area contributed by atoms with Gasteiger partial charge in [-0.3, -0.25) is 4.98 Å². The maximum absolute atomic E-state index is 4.52. The summed E-state index contributed by atoms with van der Waals surface area (Å²) in [7, 11) is 2.03. The average Bonchev–Trinajstić information content (AvgIpc) is 2.37. The summed E-state index contributed by atoms with van der Waals surface area (Å²) < 4.78 is 0. The first-order valence-electron chi connectivity index (χ1n) is 5.42. The third kappa shape index (κ3) is 2.39. The van der Waals surface area contributed by atoms with E-state index < -0.39 is 0 Å². The van der Waals surface area contributed by atoms with E-state index in [1.165, 1.54) is 0 Å². The van der Waals surface area contributed by atoms with E-state index in [1.54, 1.807) is 12.4 Å². The van der Waals surface area contributed by atoms with Crippen LogP contribution in [0.1, 0.15) is 13.8 Å². The van der Waals surface area contributed by atoms with Crippen molar-refractivity contribution in [3.8, 4) is 0 Å². The summed E-state index contributed by atoms with van der Waals surface area (Å²) in [4.78, 5) is 15.1. The zero-order valence-electron chi connectivity index (χ0n) is 10.2. The predicted molar refractivity (Wildman–Crippen MR) is 73.6 cm³/mol. The van der Waals surface area contributed by atoms with Gasteiger partial charge in [0.05, 0.1) is 0 Å². The number of rotatable bonds is 3. The first-order chi connectivity index (χ1) is 8.04. The average molecular weight is 295 g/mol. The molecule has 5 heteroatoms. The molecular formula is C12H15BrN4. The molecule has 4 nitrogen and oxygen atoms in total. The number of aromatic nitrogens is 3. The number of alkyl halides is 1. The minimum Gasteiger partial charge on any atom is -0.354 e. The molecule has 0 unspecified atom stereocenters. The van der Waals surface area contributed by atoms with Crippen molar-refractivity contribution in [1.82, 2.24) is 15.0 Å². The Morgan fingerprint density at radius 1 is 1.24 bits per heavy atom. The predicted octanol–water partition coefficient (Wildman–Crippen LogP) is 2.63. The van der Waals surface area contributed by atoms with Gasteiger partial charge < -0.3 is 4.90 Å². The smallest absolute Gasteiger partial charge is 0.180 e. The maximum atomic E-state index is 4.52. The Bertz CT molecular complexity index is 527. The lowest BCUT2D eigenvalue weighted by atomic mass is 10.1. The Hall–Kier alpha value is -1.23. The van der Waals surface area contributed by atoms with Crippen molar-refractivity contribution in [3.63, 3.8) is 0 Å². The van der Waals surface area contributed by atoms with Gasteiger partial charge in [-0.05, 0) is 26.0 Å². The van der Waals surface area contributed by atoms with Gasteiger partial charge in [-0.25, -0.2) is 9.97 Å². The summed E-state index contributed by atoms with van der Waals surface area (Å²) in [6.07, 6.45) is 3.34. The van der Waals surface area contributed by atoms with E-state index in [0.29, 0.717) is 5.65 Å². The highest BCUT2D eigenvalue weighted by Crippen LogP contribution is 2.23. The van der Waals surface area contributed by atoms with Crippen molar-refractivity contribution < 1.29 is 0 Å². The van der Waals surface area contributed by atoms with E-state index in [4.69, 9.17) is 0 Å². The van der Waals surface area contributed by atoms with Gasteiger partial charge in [0.15, 0.2) is 5.65 Å². The second-order valence-corrected chi connectivity index (χ2v) is 5.13. The largest absolute Gasteiger partial charge is 0.354 e. The standard InChI is InChI=1S/C12H15BrN4/c1-12(2,8-13)17(3)10-5-4-9-11(16-10)15-7-6-14-9/h4-7H,8H2,1-3H3. The lowest BCUT2D eigenvalue weighted by Crippen LogP contribution is -2.43. The van der Waals surface area contributed by atoms with E-state index in [-0.39, 0.29) is 5.54 Å². The normalized spacial score (nSPS) is 11.8. The van der Waals surface area contributed by atoms with Crippen LogP contribution in [0.5, 0.6) is 0 Å². The number of hydrogen-bond acceptors (Lipinski definition) is 4. The van der Waals surface area contributed by atoms with Gasteiger partial charge in [0.25, 0.3) is 0 Å². The van der Waals surface area contributed by atoms with Gasteiger partial charge in [-0.15, -0.1) is 0 Å². The van der Waals surface area contributed by atoms with Crippen LogP contribution in [0.3, 0.4) is 0 Å². The molecule has 0 bridgehead atoms. The van der Waals surface area contributed by atoms with Crippen molar-refractivity contribution in [2.75, 3.05) is 17.3 Å². The van der Waals surface area contributed by atoms with Gasteiger partial charge >= 0.3 is 0 Å². The Kier molecular flexibility index (Phi) is 3.28. The van der Waals surface area contributed by atoms with Crippen LogP contribution in [0.15, 0.2) is 24.5 Å². The van der Waals surface area contributed by atoms with Crippen molar-refractivity contribution >= 4 is 32.9 Å². The number of hydrogen-bond donors (Lipinski definition) is 0. The second kappa shape index (κ2) is 4.56. The van der Waals surface area contributed by atoms with Gasteiger partial charge in [0, 0.05) is 30.3 Å². The topological polar surface area (TPSA) is 41.9 Å². The number of fused-ring (bicyclic) bond motifs is 1. The Labute approximate surface area is 109 Å². The Morgan fingerprint density at radius 3 is 2.65 bits per heavy atom. The molecule has 0 radical (unpaired) electrons. The van der Waals surface area contributed by atoms with Crippen molar-refractivity contribution in [2.24, 2.45) is 0 Å². The summed E-state index contributed by atoms with van der Waals surface area (Å²) in [5.74, 6) is 0.905. The third-order valence-corrected chi connectivity index (χ3v) is 4.27. The molecule has 2 aromatic rings. The maximum Gasteiger partial charge on any atom is 0.180 e. The zero-order valence-corrected chi connectivity index (χ0v) is 11.8. The van der Waals surface area contributed by atoms with E-state index in [9.17, 15) is 0 Å². The van der Waals surface area contributed by atoms with Crippen molar-refractivity contribution in [1.29, 1.82) is 0 Å². The van der Waals surface area contributed by atoms with Gasteiger partial charge in [0.1, 0.15) is 11.3 Å². The van der Waals surface area contributed by atoms with Crippen LogP contribution in [0.4, 0.5) is 5.82 Å². The number of nitrogens with zero attached hydrogens (tertiary/aromatic N) is 4. The van der Waals surface area contributed by atoms with E-state index in [1.807, 2.05) is 19.2 Å². The summed E-state index contributed by atoms with van der Waals surface area (Å²) >= 11 is 3.52. The van der Waals surface area contributed by atoms with E-state index >= 15 is 0 Å². The fraction of sp³-hybridized carbons (Fsp3) is 0.417. The van der Waals surface area contributed by atoms with Crippen LogP contribution in [-0.4, -0.2) is 32.9 Å². The van der Waals surface area contributed by atoms with E-state index in [0.717, 1.165) is 16.7 Å². The number of anilines is 1. The molecular weight excluding hydrogens is 280 g/mol. The van der Waals surface area contributed by atoms with Crippen LogP contribution < -0.4 is 4.90 Å². The van der Waals surface area contributed by atoms with Crippen LogP contribution in [0.25, 0.3) is 11.2 Å². The molecule has 2 aromatic heterocycles. The van der Waals surface area contributed by atoms with Crippen molar-refractivity contribution in [2.45, 2.75) is 19.4 Å². The summed E-state index contributed by atoms with van der Waals surface area (Å²) in [6.45, 7) is 4.31. The molecule has 2 rings (SSSR count). The molecule has 2 heterocycles. The monoisotopic (exact) mass is 294 g/mol. The molecule has 0 atom stereocenters. The summed E-state index contributed by atoms with van der Waals surface area (Å²) in [5, 5.41) is 0.872. The highest BCUT2D eigenvalue weighted by Gasteiger charge is 2.23. The highest BCUT2D eigenvalue weighted by atomic mass is 79.9. The van der Waals surface area contributed by atoms with E-state index in [2.05, 4.69) is 49.6 Å². The quantitative estimate of drug-likeness (QED) is 0.816. The second-order valence-electron chi connectivity index (χ2n) is 4.57. The zero-order chi connectivity index (χ0) is 12.5. The van der Waals surface area contributed by atoms with Crippen LogP contribution in [0, 0.1) is 0 Å². The van der Waals surface area contributed by atoms with Crippen LogP contribution >= 0.6 is 15.9 Å². The molecule has 0 aliphatic heterocycles. The first kappa shape index (κ1) is 12.2. The summed E-state index contributed by atoms with van der Waals surface area (Å²) in [5.41, 5.74) is 1.51. The minimum atomic E-state index is 0.00286. The molecule has 0 N–H and O–H groups in total. The molecule has 17 heavy (non-hydrogen) atoms. The Balaban J connectivity index is 2.43. The lowest BCUT2D eigenvalue weighted by Gasteiger charge is -2.35. The van der Waals surface area contributed by atoms with Crippen LogP contribution in [-0.2, 0) is 0 Å². The fourth-order valence-electron chi connectivity index (χ4n) is 1.43. The number of pyridine rings is 1. The minimum absolute atomic E-state index is 0.00286. The lowest BCUT2D eigenvalue weighted by molar-refractivity contribution is 0.547. The van der Waals surface area contributed by atoms with Crippen LogP contribution in [0.2, 0.25) is 0 Å². The molecule has 0 aliphatic carbocycles. The fourth-order valence-corrected chi connectivity index (χ4v) is 1.81. The van der Waals surface area contributed by atoms with Gasteiger partial charge in [0.2, 0.25) is 0 Å². The summed E-state index contributed by atoms with van der Waals surface area (Å²) in [6, 6.07) is 3.92. The van der Waals surface area contributed by atoms with Gasteiger partial charge in [-0.2, -0.15) is 0 Å².